The molecule has 1 fully saturated rings. The average molecular weight is 281 g/mol. The molecule has 1 unspecified atom stereocenters. The van der Waals surface area contributed by atoms with Crippen LogP contribution in [-0.4, -0.2) is 31.2 Å². The number of hydrogen-bond acceptors (Lipinski definition) is 3. The summed E-state index contributed by atoms with van der Waals surface area (Å²) in [5.74, 6) is 0. The normalized spacial score (nSPS) is 19.0. The summed E-state index contributed by atoms with van der Waals surface area (Å²) in [6.07, 6.45) is 0. The average Bonchev–Trinajstić information content (AvgIpc) is 2.34. The lowest BCUT2D eigenvalue weighted by atomic mass is 10.1. The van der Waals surface area contributed by atoms with Gasteiger partial charge in [0.05, 0.1) is 19.3 Å². The highest BCUT2D eigenvalue weighted by Crippen LogP contribution is 2.22. The van der Waals surface area contributed by atoms with Gasteiger partial charge in [-0.25, -0.2) is 0 Å². The third-order valence-electron chi connectivity index (χ3n) is 2.72. The number of hydrogen-bond donors (Lipinski definition) is 0. The van der Waals surface area contributed by atoms with Crippen molar-refractivity contribution in [3.05, 3.63) is 34.3 Å². The minimum atomic E-state index is -0.156. The molecule has 0 saturated carbocycles. The van der Waals surface area contributed by atoms with E-state index in [0.29, 0.717) is 13.2 Å². The number of ether oxygens (including phenoxy) is 1. The van der Waals surface area contributed by atoms with Gasteiger partial charge in [-0.3, -0.25) is 4.90 Å². The molecule has 0 aliphatic carbocycles. The molecule has 16 heavy (non-hydrogen) atoms. The fourth-order valence-electron chi connectivity index (χ4n) is 1.85. The lowest BCUT2D eigenvalue weighted by Gasteiger charge is -2.30. The van der Waals surface area contributed by atoms with Crippen LogP contribution >= 0.6 is 15.9 Å². The molecule has 3 nitrogen and oxygen atoms in total. The van der Waals surface area contributed by atoms with Crippen LogP contribution in [0.2, 0.25) is 0 Å². The van der Waals surface area contributed by atoms with Crippen molar-refractivity contribution in [2.75, 3.05) is 26.3 Å². The zero-order valence-corrected chi connectivity index (χ0v) is 10.5. The zero-order valence-electron chi connectivity index (χ0n) is 8.90. The van der Waals surface area contributed by atoms with Crippen LogP contribution in [0.4, 0.5) is 0 Å². The first kappa shape index (κ1) is 11.6. The standard InChI is InChI=1S/C12H13BrN2O/c13-11-3-1-10(2-4-11)12(9-14)15-5-7-16-8-6-15/h1-4,12H,5-8H2. The second kappa shape index (κ2) is 5.44. The molecule has 4 heteroatoms. The Bertz CT molecular complexity index is 379. The van der Waals surface area contributed by atoms with E-state index in [1.165, 1.54) is 0 Å². The maximum Gasteiger partial charge on any atom is 0.124 e. The summed E-state index contributed by atoms with van der Waals surface area (Å²) in [5.41, 5.74) is 1.05. The van der Waals surface area contributed by atoms with E-state index < -0.39 is 0 Å². The van der Waals surface area contributed by atoms with Crippen LogP contribution in [0, 0.1) is 11.3 Å². The minimum absolute atomic E-state index is 0.156. The largest absolute Gasteiger partial charge is 0.379 e. The predicted octanol–water partition coefficient (Wildman–Crippen LogP) is 2.35. The smallest absolute Gasteiger partial charge is 0.124 e. The van der Waals surface area contributed by atoms with E-state index in [4.69, 9.17) is 4.74 Å². The Morgan fingerprint density at radius 2 is 1.88 bits per heavy atom. The van der Waals surface area contributed by atoms with Crippen molar-refractivity contribution in [2.24, 2.45) is 0 Å². The summed E-state index contributed by atoms with van der Waals surface area (Å²) in [5, 5.41) is 9.26. The van der Waals surface area contributed by atoms with E-state index in [0.717, 1.165) is 23.1 Å². The van der Waals surface area contributed by atoms with Crippen LogP contribution in [0.5, 0.6) is 0 Å². The van der Waals surface area contributed by atoms with E-state index in [9.17, 15) is 5.26 Å². The van der Waals surface area contributed by atoms with Crippen molar-refractivity contribution < 1.29 is 4.74 Å². The molecule has 1 aliphatic rings. The molecule has 1 aromatic carbocycles. The van der Waals surface area contributed by atoms with E-state index in [1.54, 1.807) is 0 Å². The number of nitrogens with zero attached hydrogens (tertiary/aromatic N) is 2. The van der Waals surface area contributed by atoms with Crippen LogP contribution in [0.15, 0.2) is 28.7 Å². The molecule has 0 amide bonds. The lowest BCUT2D eigenvalue weighted by Crippen LogP contribution is -2.38. The van der Waals surface area contributed by atoms with Crippen LogP contribution < -0.4 is 0 Å². The van der Waals surface area contributed by atoms with Crippen molar-refractivity contribution in [2.45, 2.75) is 6.04 Å². The van der Waals surface area contributed by atoms with E-state index in [-0.39, 0.29) is 6.04 Å². The van der Waals surface area contributed by atoms with Crippen molar-refractivity contribution in [3.63, 3.8) is 0 Å². The topological polar surface area (TPSA) is 36.3 Å². The Morgan fingerprint density at radius 3 is 2.44 bits per heavy atom. The highest BCUT2D eigenvalue weighted by atomic mass is 79.9. The molecule has 0 bridgehead atoms. The van der Waals surface area contributed by atoms with Gasteiger partial charge in [0.15, 0.2) is 0 Å². The number of halogens is 1. The highest BCUT2D eigenvalue weighted by molar-refractivity contribution is 9.10. The van der Waals surface area contributed by atoms with Gasteiger partial charge >= 0.3 is 0 Å². The second-order valence-corrected chi connectivity index (χ2v) is 4.65. The second-order valence-electron chi connectivity index (χ2n) is 3.73. The summed E-state index contributed by atoms with van der Waals surface area (Å²) in [7, 11) is 0. The fraction of sp³-hybridized carbons (Fsp3) is 0.417. The van der Waals surface area contributed by atoms with Gasteiger partial charge in [0.25, 0.3) is 0 Å². The van der Waals surface area contributed by atoms with Crippen molar-refractivity contribution in [3.8, 4) is 6.07 Å². The van der Waals surface area contributed by atoms with Gasteiger partial charge in [-0.1, -0.05) is 28.1 Å². The highest BCUT2D eigenvalue weighted by Gasteiger charge is 2.21. The number of morpholine rings is 1. The van der Waals surface area contributed by atoms with Crippen molar-refractivity contribution in [1.82, 2.24) is 4.90 Å². The number of rotatable bonds is 2. The Balaban J connectivity index is 2.15. The Morgan fingerprint density at radius 1 is 1.25 bits per heavy atom. The molecular weight excluding hydrogens is 268 g/mol. The third-order valence-corrected chi connectivity index (χ3v) is 3.25. The third kappa shape index (κ3) is 2.62. The van der Waals surface area contributed by atoms with Gasteiger partial charge < -0.3 is 4.74 Å². The molecular formula is C12H13BrN2O. The first-order valence-corrected chi connectivity index (χ1v) is 6.07. The molecule has 84 valence electrons. The molecule has 2 rings (SSSR count). The lowest BCUT2D eigenvalue weighted by molar-refractivity contribution is 0.0266. The summed E-state index contributed by atoms with van der Waals surface area (Å²) in [4.78, 5) is 2.16. The van der Waals surface area contributed by atoms with Gasteiger partial charge in [-0.15, -0.1) is 0 Å². The Kier molecular flexibility index (Phi) is 3.94. The maximum atomic E-state index is 9.26. The molecule has 0 N–H and O–H groups in total. The van der Waals surface area contributed by atoms with Gasteiger partial charge in [-0.05, 0) is 17.7 Å². The van der Waals surface area contributed by atoms with Crippen LogP contribution in [-0.2, 0) is 4.74 Å². The van der Waals surface area contributed by atoms with Gasteiger partial charge in [0, 0.05) is 17.6 Å². The summed E-state index contributed by atoms with van der Waals surface area (Å²) in [6, 6.07) is 10.1. The molecule has 1 atom stereocenters. The fourth-order valence-corrected chi connectivity index (χ4v) is 2.11. The first-order valence-electron chi connectivity index (χ1n) is 5.28. The van der Waals surface area contributed by atoms with Crippen molar-refractivity contribution >= 4 is 15.9 Å². The molecule has 1 saturated heterocycles. The maximum absolute atomic E-state index is 9.26. The Labute approximate surface area is 104 Å². The molecule has 0 radical (unpaired) electrons. The van der Waals surface area contributed by atoms with Gasteiger partial charge in [0.1, 0.15) is 6.04 Å². The molecule has 1 aromatic rings. The van der Waals surface area contributed by atoms with Crippen LogP contribution in [0.25, 0.3) is 0 Å². The molecule has 0 aromatic heterocycles. The van der Waals surface area contributed by atoms with Gasteiger partial charge in [-0.2, -0.15) is 5.26 Å². The molecule has 1 aliphatic heterocycles. The van der Waals surface area contributed by atoms with E-state index in [1.807, 2.05) is 24.3 Å². The first-order chi connectivity index (χ1) is 7.81. The van der Waals surface area contributed by atoms with Crippen LogP contribution in [0.3, 0.4) is 0 Å². The zero-order chi connectivity index (χ0) is 11.4. The molecule has 0 spiro atoms. The monoisotopic (exact) mass is 280 g/mol. The van der Waals surface area contributed by atoms with Crippen molar-refractivity contribution in [1.29, 1.82) is 5.26 Å². The molecule has 1 heterocycles. The number of nitriles is 1. The van der Waals surface area contributed by atoms with Crippen LogP contribution in [0.1, 0.15) is 11.6 Å². The summed E-state index contributed by atoms with van der Waals surface area (Å²) >= 11 is 3.40. The summed E-state index contributed by atoms with van der Waals surface area (Å²) in [6.45, 7) is 3.09. The predicted molar refractivity (Wildman–Crippen MR) is 64.9 cm³/mol. The minimum Gasteiger partial charge on any atom is -0.379 e. The quantitative estimate of drug-likeness (QED) is 0.835. The van der Waals surface area contributed by atoms with Gasteiger partial charge in [0.2, 0.25) is 0 Å². The summed E-state index contributed by atoms with van der Waals surface area (Å²) < 4.78 is 6.33. The Hall–Kier alpha value is -0.890. The van der Waals surface area contributed by atoms with E-state index in [2.05, 4.69) is 26.9 Å². The number of benzene rings is 1. The SMILES string of the molecule is N#CC(c1ccc(Br)cc1)N1CCOCC1. The van der Waals surface area contributed by atoms with E-state index >= 15 is 0 Å².